The van der Waals surface area contributed by atoms with Crippen LogP contribution in [0.2, 0.25) is 24.7 Å². The van der Waals surface area contributed by atoms with Gasteiger partial charge in [0.1, 0.15) is 11.6 Å². The van der Waals surface area contributed by atoms with E-state index in [9.17, 15) is 18.4 Å². The molecule has 0 spiro atoms. The first kappa shape index (κ1) is 21.0. The molecule has 9 heteroatoms. The number of ether oxygens (including phenoxy) is 1. The van der Waals surface area contributed by atoms with Crippen molar-refractivity contribution < 1.29 is 23.1 Å². The van der Waals surface area contributed by atoms with E-state index < -0.39 is 31.6 Å². The molecule has 1 aromatic heterocycles. The SMILES string of the molecule is COC(=O)c1nc(-c2cc(F)c([Si](C)(C)C)cc2F)cc(NC(C)=O)c1Cl. The lowest BCUT2D eigenvalue weighted by atomic mass is 10.1. The molecule has 0 aliphatic carbocycles. The molecule has 2 aromatic rings. The number of nitrogens with zero attached hydrogens (tertiary/aromatic N) is 1. The van der Waals surface area contributed by atoms with Crippen molar-refractivity contribution >= 4 is 42.4 Å². The number of esters is 1. The van der Waals surface area contributed by atoms with E-state index in [-0.39, 0.29) is 27.7 Å². The molecule has 0 aliphatic heterocycles. The molecule has 27 heavy (non-hydrogen) atoms. The second-order valence-corrected chi connectivity index (χ2v) is 12.4. The fraction of sp³-hybridized carbons (Fsp3) is 0.278. The van der Waals surface area contributed by atoms with E-state index in [1.807, 2.05) is 19.6 Å². The van der Waals surface area contributed by atoms with E-state index in [4.69, 9.17) is 11.6 Å². The highest BCUT2D eigenvalue weighted by atomic mass is 35.5. The summed E-state index contributed by atoms with van der Waals surface area (Å²) < 4.78 is 33.9. The van der Waals surface area contributed by atoms with Crippen LogP contribution in [0.3, 0.4) is 0 Å². The minimum Gasteiger partial charge on any atom is -0.464 e. The first-order chi connectivity index (χ1) is 12.5. The van der Waals surface area contributed by atoms with Crippen LogP contribution in [-0.2, 0) is 9.53 Å². The number of halogens is 3. The van der Waals surface area contributed by atoms with Crippen LogP contribution in [0, 0.1) is 11.6 Å². The van der Waals surface area contributed by atoms with E-state index in [1.54, 1.807) is 0 Å². The second kappa shape index (κ2) is 7.73. The number of carbonyl (C=O) groups is 2. The van der Waals surface area contributed by atoms with Crippen LogP contribution >= 0.6 is 11.6 Å². The number of anilines is 1. The van der Waals surface area contributed by atoms with Gasteiger partial charge in [0, 0.05) is 12.5 Å². The standard InChI is InChI=1S/C18H19ClF2N2O3Si/c1-9(24)22-14-8-13(23-17(16(14)19)18(25)26-2)10-6-12(21)15(7-11(10)20)27(3,4)5/h6-8H,1-5H3,(H,22,23,24). The van der Waals surface area contributed by atoms with Crippen LogP contribution in [0.15, 0.2) is 18.2 Å². The molecule has 0 bridgehead atoms. The lowest BCUT2D eigenvalue weighted by molar-refractivity contribution is -0.114. The van der Waals surface area contributed by atoms with Crippen molar-refractivity contribution in [3.8, 4) is 11.3 Å². The maximum Gasteiger partial charge on any atom is 0.358 e. The minimum absolute atomic E-state index is 0.0450. The molecule has 0 saturated carbocycles. The van der Waals surface area contributed by atoms with Crippen molar-refractivity contribution in [2.45, 2.75) is 26.6 Å². The molecule has 1 N–H and O–H groups in total. The van der Waals surface area contributed by atoms with Crippen molar-refractivity contribution in [2.24, 2.45) is 0 Å². The van der Waals surface area contributed by atoms with Crippen LogP contribution in [0.4, 0.5) is 14.5 Å². The molecule has 5 nitrogen and oxygen atoms in total. The summed E-state index contributed by atoms with van der Waals surface area (Å²) in [7, 11) is -0.964. The number of pyridine rings is 1. The van der Waals surface area contributed by atoms with Crippen molar-refractivity contribution in [1.29, 1.82) is 0 Å². The van der Waals surface area contributed by atoms with Gasteiger partial charge in [-0.15, -0.1) is 0 Å². The Labute approximate surface area is 161 Å². The zero-order chi connectivity index (χ0) is 20.5. The molecule has 0 unspecified atom stereocenters. The Bertz CT molecular complexity index is 930. The monoisotopic (exact) mass is 412 g/mol. The molecule has 1 aromatic carbocycles. The molecule has 0 fully saturated rings. The number of amides is 1. The molecule has 0 atom stereocenters. The van der Waals surface area contributed by atoms with Gasteiger partial charge in [0.15, 0.2) is 5.69 Å². The predicted molar refractivity (Wildman–Crippen MR) is 103 cm³/mol. The quantitative estimate of drug-likeness (QED) is 0.609. The highest BCUT2D eigenvalue weighted by Gasteiger charge is 2.25. The van der Waals surface area contributed by atoms with E-state index in [0.717, 1.165) is 19.2 Å². The summed E-state index contributed by atoms with van der Waals surface area (Å²) in [4.78, 5) is 27.4. The van der Waals surface area contributed by atoms with Gasteiger partial charge in [0.05, 0.1) is 31.6 Å². The number of aromatic nitrogens is 1. The van der Waals surface area contributed by atoms with Gasteiger partial charge in [0.2, 0.25) is 5.91 Å². The van der Waals surface area contributed by atoms with Crippen LogP contribution in [0.1, 0.15) is 17.4 Å². The van der Waals surface area contributed by atoms with Crippen molar-refractivity contribution in [3.05, 3.63) is 40.6 Å². The third-order valence-electron chi connectivity index (χ3n) is 3.79. The average Bonchev–Trinajstić information content (AvgIpc) is 2.56. The molecule has 1 amide bonds. The molecule has 1 heterocycles. The number of hydrogen-bond donors (Lipinski definition) is 1. The Hall–Kier alpha value is -2.32. The normalized spacial score (nSPS) is 11.3. The Morgan fingerprint density at radius 2 is 1.78 bits per heavy atom. The summed E-state index contributed by atoms with van der Waals surface area (Å²) in [5.41, 5.74) is -0.469. The molecule has 144 valence electrons. The van der Waals surface area contributed by atoms with Crippen LogP contribution in [0.25, 0.3) is 11.3 Å². The summed E-state index contributed by atoms with van der Waals surface area (Å²) in [6.07, 6.45) is 0. The van der Waals surface area contributed by atoms with E-state index in [2.05, 4.69) is 15.0 Å². The van der Waals surface area contributed by atoms with Crippen molar-refractivity contribution in [3.63, 3.8) is 0 Å². The molecular weight excluding hydrogens is 394 g/mol. The maximum atomic E-state index is 14.7. The zero-order valence-electron chi connectivity index (χ0n) is 15.5. The second-order valence-electron chi connectivity index (χ2n) is 6.95. The van der Waals surface area contributed by atoms with Gasteiger partial charge in [-0.1, -0.05) is 31.2 Å². The number of methoxy groups -OCH3 is 1. The van der Waals surface area contributed by atoms with Crippen molar-refractivity contribution in [2.75, 3.05) is 12.4 Å². The fourth-order valence-corrected chi connectivity index (χ4v) is 4.07. The topological polar surface area (TPSA) is 68.3 Å². The maximum absolute atomic E-state index is 14.7. The summed E-state index contributed by atoms with van der Waals surface area (Å²) in [5.74, 6) is -2.56. The first-order valence-electron chi connectivity index (χ1n) is 8.02. The predicted octanol–water partition coefficient (Wildman–Crippen LogP) is 3.97. The number of carbonyl (C=O) groups excluding carboxylic acids is 2. The average molecular weight is 413 g/mol. The molecule has 0 radical (unpaired) electrons. The van der Waals surface area contributed by atoms with Gasteiger partial charge >= 0.3 is 5.97 Å². The Balaban J connectivity index is 2.73. The van der Waals surface area contributed by atoms with Gasteiger partial charge in [-0.05, 0) is 23.4 Å². The summed E-state index contributed by atoms with van der Waals surface area (Å²) in [6.45, 7) is 6.94. The third kappa shape index (κ3) is 4.51. The summed E-state index contributed by atoms with van der Waals surface area (Å²) >= 11 is 6.10. The summed E-state index contributed by atoms with van der Waals surface area (Å²) in [6, 6.07) is 3.48. The lowest BCUT2D eigenvalue weighted by Gasteiger charge is -2.19. The van der Waals surface area contributed by atoms with E-state index >= 15 is 0 Å². The largest absolute Gasteiger partial charge is 0.464 e. The lowest BCUT2D eigenvalue weighted by Crippen LogP contribution is -2.40. The van der Waals surface area contributed by atoms with Crippen molar-refractivity contribution in [1.82, 2.24) is 4.98 Å². The van der Waals surface area contributed by atoms with Crippen LogP contribution in [-0.4, -0.2) is 32.0 Å². The number of benzene rings is 1. The smallest absolute Gasteiger partial charge is 0.358 e. The van der Waals surface area contributed by atoms with E-state index in [1.165, 1.54) is 13.0 Å². The van der Waals surface area contributed by atoms with Gasteiger partial charge < -0.3 is 10.1 Å². The summed E-state index contributed by atoms with van der Waals surface area (Å²) in [5, 5.41) is 2.63. The molecule has 0 saturated heterocycles. The molecular formula is C18H19ClF2N2O3Si. The number of rotatable bonds is 4. The van der Waals surface area contributed by atoms with Crippen LogP contribution < -0.4 is 10.5 Å². The fourth-order valence-electron chi connectivity index (χ4n) is 2.50. The Kier molecular flexibility index (Phi) is 6.01. The van der Waals surface area contributed by atoms with Gasteiger partial charge in [-0.2, -0.15) is 0 Å². The highest BCUT2D eigenvalue weighted by molar-refractivity contribution is 6.88. The molecule has 2 rings (SSSR count). The van der Waals surface area contributed by atoms with Crippen LogP contribution in [0.5, 0.6) is 0 Å². The highest BCUT2D eigenvalue weighted by Crippen LogP contribution is 2.32. The van der Waals surface area contributed by atoms with Gasteiger partial charge in [-0.3, -0.25) is 4.79 Å². The third-order valence-corrected chi connectivity index (χ3v) is 6.17. The van der Waals surface area contributed by atoms with Gasteiger partial charge in [-0.25, -0.2) is 18.6 Å². The molecule has 0 aliphatic rings. The number of hydrogen-bond acceptors (Lipinski definition) is 4. The Morgan fingerprint density at radius 1 is 1.15 bits per heavy atom. The zero-order valence-corrected chi connectivity index (χ0v) is 17.3. The first-order valence-corrected chi connectivity index (χ1v) is 11.9. The van der Waals surface area contributed by atoms with Gasteiger partial charge in [0.25, 0.3) is 0 Å². The number of nitrogens with one attached hydrogen (secondary N) is 1. The van der Waals surface area contributed by atoms with E-state index in [0.29, 0.717) is 5.19 Å². The minimum atomic E-state index is -2.10. The Morgan fingerprint density at radius 3 is 2.30 bits per heavy atom.